The number of imidazole rings is 1. The van der Waals surface area contributed by atoms with Crippen molar-refractivity contribution < 1.29 is 13.5 Å². The molecule has 0 amide bonds. The molecule has 0 bridgehead atoms. The molecule has 0 atom stereocenters. The van der Waals surface area contributed by atoms with E-state index >= 15 is 0 Å². The van der Waals surface area contributed by atoms with Crippen molar-refractivity contribution in [2.75, 3.05) is 14.1 Å². The number of aryl methyl sites for hydroxylation is 1. The number of aromatic hydroxyl groups is 1. The van der Waals surface area contributed by atoms with E-state index in [2.05, 4.69) is 20.5 Å². The molecule has 0 saturated heterocycles. The van der Waals surface area contributed by atoms with Crippen LogP contribution < -0.4 is 0 Å². The predicted octanol–water partition coefficient (Wildman–Crippen LogP) is 2.28. The normalized spacial score (nSPS) is 12.1. The van der Waals surface area contributed by atoms with Crippen molar-refractivity contribution in [3.8, 4) is 11.4 Å². The first-order valence-electron chi connectivity index (χ1n) is 9.43. The molecule has 0 aliphatic carbocycles. The first kappa shape index (κ1) is 21.3. The van der Waals surface area contributed by atoms with E-state index in [-0.39, 0.29) is 10.6 Å². The number of hydrogen-bond acceptors (Lipinski definition) is 8. The van der Waals surface area contributed by atoms with Crippen LogP contribution in [0.5, 0.6) is 5.75 Å². The standard InChI is InChI=1S/C19H21N7O3S2/c1-4-25-17-10-9-15(31(28,29)24(2)3)11-16(17)20-18(25)12-30-19-21-22-23-26(19)13-5-7-14(27)8-6-13/h5-11,27H,4,12H2,1-3H3. The Kier molecular flexibility index (Phi) is 5.69. The highest BCUT2D eigenvalue weighted by atomic mass is 32.2. The van der Waals surface area contributed by atoms with Gasteiger partial charge in [-0.1, -0.05) is 11.8 Å². The van der Waals surface area contributed by atoms with Crippen LogP contribution >= 0.6 is 11.8 Å². The van der Waals surface area contributed by atoms with Crippen molar-refractivity contribution in [3.63, 3.8) is 0 Å². The summed E-state index contributed by atoms with van der Waals surface area (Å²) in [6.07, 6.45) is 0. The Bertz CT molecular complexity index is 1330. The van der Waals surface area contributed by atoms with E-state index in [0.717, 1.165) is 17.0 Å². The third-order valence-electron chi connectivity index (χ3n) is 4.76. The third-order valence-corrected chi connectivity index (χ3v) is 7.49. The van der Waals surface area contributed by atoms with Gasteiger partial charge in [0, 0.05) is 20.6 Å². The number of hydrogen-bond donors (Lipinski definition) is 1. The number of aromatic nitrogens is 6. The molecule has 0 fully saturated rings. The van der Waals surface area contributed by atoms with Crippen LogP contribution in [-0.4, -0.2) is 61.7 Å². The number of tetrazole rings is 1. The quantitative estimate of drug-likeness (QED) is 0.418. The molecule has 162 valence electrons. The Balaban J connectivity index is 1.64. The van der Waals surface area contributed by atoms with E-state index in [1.165, 1.54) is 30.2 Å². The number of sulfonamides is 1. The van der Waals surface area contributed by atoms with E-state index in [0.29, 0.717) is 23.0 Å². The van der Waals surface area contributed by atoms with Crippen molar-refractivity contribution >= 4 is 32.8 Å². The molecule has 0 radical (unpaired) electrons. The van der Waals surface area contributed by atoms with E-state index in [4.69, 9.17) is 0 Å². The maximum atomic E-state index is 12.5. The lowest BCUT2D eigenvalue weighted by Gasteiger charge is -2.11. The van der Waals surface area contributed by atoms with Gasteiger partial charge in [0.05, 0.1) is 27.4 Å². The van der Waals surface area contributed by atoms with Crippen LogP contribution in [0.1, 0.15) is 12.7 Å². The van der Waals surface area contributed by atoms with Gasteiger partial charge in [0.25, 0.3) is 0 Å². The van der Waals surface area contributed by atoms with Crippen molar-refractivity contribution in [1.29, 1.82) is 0 Å². The number of phenols is 1. The summed E-state index contributed by atoms with van der Waals surface area (Å²) in [5, 5.41) is 21.9. The maximum Gasteiger partial charge on any atom is 0.242 e. The number of thioether (sulfide) groups is 1. The summed E-state index contributed by atoms with van der Waals surface area (Å²) in [4.78, 5) is 4.89. The Labute approximate surface area is 183 Å². The Morgan fingerprint density at radius 3 is 2.55 bits per heavy atom. The fourth-order valence-corrected chi connectivity index (χ4v) is 4.91. The molecule has 2 aromatic heterocycles. The minimum absolute atomic E-state index is 0.165. The van der Waals surface area contributed by atoms with Gasteiger partial charge in [-0.15, -0.1) is 5.10 Å². The van der Waals surface area contributed by atoms with Crippen molar-refractivity contribution in [3.05, 3.63) is 48.3 Å². The predicted molar refractivity (Wildman–Crippen MR) is 117 cm³/mol. The van der Waals surface area contributed by atoms with Crippen molar-refractivity contribution in [2.24, 2.45) is 0 Å². The summed E-state index contributed by atoms with van der Waals surface area (Å²) in [7, 11) is -0.526. The topological polar surface area (TPSA) is 119 Å². The van der Waals surface area contributed by atoms with Gasteiger partial charge in [0.2, 0.25) is 15.2 Å². The van der Waals surface area contributed by atoms with E-state index in [1.54, 1.807) is 47.1 Å². The molecule has 12 heteroatoms. The molecular formula is C19H21N7O3S2. The van der Waals surface area contributed by atoms with E-state index in [9.17, 15) is 13.5 Å². The molecule has 10 nitrogen and oxygen atoms in total. The second-order valence-electron chi connectivity index (χ2n) is 6.89. The number of rotatable bonds is 7. The zero-order chi connectivity index (χ0) is 22.2. The minimum atomic E-state index is -3.53. The molecule has 0 aliphatic heterocycles. The Morgan fingerprint density at radius 2 is 1.87 bits per heavy atom. The monoisotopic (exact) mass is 459 g/mol. The van der Waals surface area contributed by atoms with Gasteiger partial charge in [0.15, 0.2) is 0 Å². The zero-order valence-corrected chi connectivity index (χ0v) is 18.8. The van der Waals surface area contributed by atoms with Gasteiger partial charge in [-0.05, 0) is 59.8 Å². The van der Waals surface area contributed by atoms with Gasteiger partial charge >= 0.3 is 0 Å². The summed E-state index contributed by atoms with van der Waals surface area (Å²) >= 11 is 1.42. The van der Waals surface area contributed by atoms with Gasteiger partial charge in [-0.2, -0.15) is 4.68 Å². The van der Waals surface area contributed by atoms with Crippen LogP contribution in [0.25, 0.3) is 16.7 Å². The third kappa shape index (κ3) is 4.01. The van der Waals surface area contributed by atoms with Crippen LogP contribution in [0.15, 0.2) is 52.5 Å². The van der Waals surface area contributed by atoms with Gasteiger partial charge in [0.1, 0.15) is 11.6 Å². The first-order chi connectivity index (χ1) is 14.8. The largest absolute Gasteiger partial charge is 0.508 e. The summed E-state index contributed by atoms with van der Waals surface area (Å²) in [6, 6.07) is 11.6. The zero-order valence-electron chi connectivity index (χ0n) is 17.2. The summed E-state index contributed by atoms with van der Waals surface area (Å²) in [6.45, 7) is 2.70. The lowest BCUT2D eigenvalue weighted by atomic mass is 10.3. The van der Waals surface area contributed by atoms with Gasteiger partial charge in [-0.25, -0.2) is 17.7 Å². The minimum Gasteiger partial charge on any atom is -0.508 e. The second-order valence-corrected chi connectivity index (χ2v) is 9.98. The Morgan fingerprint density at radius 1 is 1.13 bits per heavy atom. The molecule has 2 aromatic carbocycles. The number of phenolic OH excluding ortho intramolecular Hbond substituents is 1. The molecule has 0 saturated carbocycles. The number of nitrogens with zero attached hydrogens (tertiary/aromatic N) is 7. The molecule has 4 rings (SSSR count). The van der Waals surface area contributed by atoms with Crippen LogP contribution in [0, 0.1) is 0 Å². The fourth-order valence-electron chi connectivity index (χ4n) is 3.15. The van der Waals surface area contributed by atoms with E-state index in [1.807, 2.05) is 11.5 Å². The fraction of sp³-hybridized carbons (Fsp3) is 0.263. The summed E-state index contributed by atoms with van der Waals surface area (Å²) < 4.78 is 29.7. The van der Waals surface area contributed by atoms with Gasteiger partial charge < -0.3 is 9.67 Å². The molecule has 1 N–H and O–H groups in total. The first-order valence-corrected chi connectivity index (χ1v) is 11.9. The molecule has 0 unspecified atom stereocenters. The van der Waals surface area contributed by atoms with Crippen LogP contribution in [0.2, 0.25) is 0 Å². The molecular weight excluding hydrogens is 438 g/mol. The molecule has 0 aliphatic rings. The highest BCUT2D eigenvalue weighted by Gasteiger charge is 2.20. The Hall–Kier alpha value is -2.96. The molecule has 31 heavy (non-hydrogen) atoms. The summed E-state index contributed by atoms with van der Waals surface area (Å²) in [5.74, 6) is 1.46. The van der Waals surface area contributed by atoms with Crippen molar-refractivity contribution in [2.45, 2.75) is 29.3 Å². The van der Waals surface area contributed by atoms with Crippen molar-refractivity contribution in [1.82, 2.24) is 34.1 Å². The average Bonchev–Trinajstić information content (AvgIpc) is 3.35. The second kappa shape index (κ2) is 8.29. The molecule has 0 spiro atoms. The lowest BCUT2D eigenvalue weighted by molar-refractivity contribution is 0.475. The van der Waals surface area contributed by atoms with Crippen LogP contribution in [0.3, 0.4) is 0 Å². The highest BCUT2D eigenvalue weighted by Crippen LogP contribution is 2.27. The molecule has 2 heterocycles. The van der Waals surface area contributed by atoms with E-state index < -0.39 is 10.0 Å². The van der Waals surface area contributed by atoms with Crippen LogP contribution in [0.4, 0.5) is 0 Å². The number of fused-ring (bicyclic) bond motifs is 1. The van der Waals surface area contributed by atoms with Crippen LogP contribution in [-0.2, 0) is 22.3 Å². The van der Waals surface area contributed by atoms with Gasteiger partial charge in [-0.3, -0.25) is 0 Å². The average molecular weight is 460 g/mol. The smallest absolute Gasteiger partial charge is 0.242 e. The summed E-state index contributed by atoms with van der Waals surface area (Å²) in [5.41, 5.74) is 2.22. The maximum absolute atomic E-state index is 12.5. The SMILES string of the molecule is CCn1c(CSc2nnnn2-c2ccc(O)cc2)nc2cc(S(=O)(=O)N(C)C)ccc21. The lowest BCUT2D eigenvalue weighted by Crippen LogP contribution is -2.22. The highest BCUT2D eigenvalue weighted by molar-refractivity contribution is 7.98. The molecule has 4 aromatic rings. The number of benzene rings is 2.